The number of anilines is 3. The Balaban J connectivity index is 1.31. The van der Waals surface area contributed by atoms with Crippen LogP contribution in [-0.4, -0.2) is 0 Å². The number of para-hydroxylation sites is 2. The molecule has 0 N–H and O–H groups in total. The van der Waals surface area contributed by atoms with Crippen LogP contribution in [0, 0.1) is 5.82 Å². The Labute approximate surface area is 272 Å². The number of halogens is 1. The van der Waals surface area contributed by atoms with E-state index in [1.54, 1.807) is 6.07 Å². The molecule has 2 aliphatic carbocycles. The molecule has 220 valence electrons. The molecule has 2 aliphatic rings. The molecule has 2 heteroatoms. The summed E-state index contributed by atoms with van der Waals surface area (Å²) in [4.78, 5) is 2.01. The Bertz CT molecular complexity index is 2500. The predicted molar refractivity (Wildman–Crippen MR) is 192 cm³/mol. The van der Waals surface area contributed by atoms with Crippen molar-refractivity contribution in [1.29, 1.82) is 0 Å². The van der Waals surface area contributed by atoms with Crippen LogP contribution in [0.3, 0.4) is 0 Å². The summed E-state index contributed by atoms with van der Waals surface area (Å²) in [5.74, 6) is -0.258. The molecule has 0 unspecified atom stereocenters. The van der Waals surface area contributed by atoms with Crippen LogP contribution in [0.25, 0.3) is 43.8 Å². The first-order valence-electron chi connectivity index (χ1n) is 16.1. The van der Waals surface area contributed by atoms with E-state index in [-0.39, 0.29) is 5.82 Å². The maximum Gasteiger partial charge on any atom is 0.147 e. The van der Waals surface area contributed by atoms with E-state index in [0.29, 0.717) is 5.69 Å². The summed E-state index contributed by atoms with van der Waals surface area (Å²) in [6, 6.07) is 59.5. The van der Waals surface area contributed by atoms with Crippen molar-refractivity contribution in [1.82, 2.24) is 0 Å². The van der Waals surface area contributed by atoms with Crippen LogP contribution in [0.4, 0.5) is 21.5 Å². The zero-order chi connectivity index (χ0) is 31.1. The normalized spacial score (nSPS) is 13.4. The van der Waals surface area contributed by atoms with Gasteiger partial charge in [-0.05, 0) is 102 Å². The standard InChI is InChI=1S/C45H28FN/c46-41-20-10-11-21-42(41)47(31-13-2-1-3-14-31)32-24-27-34-30(28-32)23-26-38-37-25-22-29-12-4-5-15-33(29)43(37)45(44(34)38)39-18-8-6-16-35(39)36-17-7-9-19-40(36)45/h1-28H. The van der Waals surface area contributed by atoms with Gasteiger partial charge in [0.05, 0.1) is 11.1 Å². The zero-order valence-corrected chi connectivity index (χ0v) is 25.5. The van der Waals surface area contributed by atoms with E-state index in [4.69, 9.17) is 0 Å². The third-order valence-electron chi connectivity index (χ3n) is 10.3. The van der Waals surface area contributed by atoms with Gasteiger partial charge in [0, 0.05) is 11.4 Å². The average Bonchev–Trinajstić information content (AvgIpc) is 3.60. The van der Waals surface area contributed by atoms with Crippen molar-refractivity contribution in [2.24, 2.45) is 0 Å². The summed E-state index contributed by atoms with van der Waals surface area (Å²) in [5, 5.41) is 4.86. The maximum absolute atomic E-state index is 15.4. The van der Waals surface area contributed by atoms with Gasteiger partial charge in [-0.15, -0.1) is 0 Å². The highest BCUT2D eigenvalue weighted by molar-refractivity contribution is 6.09. The number of hydrogen-bond acceptors (Lipinski definition) is 1. The van der Waals surface area contributed by atoms with E-state index < -0.39 is 5.41 Å². The second-order valence-corrected chi connectivity index (χ2v) is 12.6. The minimum atomic E-state index is -0.482. The van der Waals surface area contributed by atoms with Gasteiger partial charge >= 0.3 is 0 Å². The molecule has 0 radical (unpaired) electrons. The Morgan fingerprint density at radius 1 is 0.404 bits per heavy atom. The highest BCUT2D eigenvalue weighted by Gasteiger charge is 2.53. The SMILES string of the molecule is Fc1ccccc1N(c1ccccc1)c1ccc2c3c(ccc2c1)-c1ccc2ccccc2c1C31c2ccccc2-c2ccccc21. The first-order valence-corrected chi connectivity index (χ1v) is 16.1. The third kappa shape index (κ3) is 3.47. The smallest absolute Gasteiger partial charge is 0.147 e. The Morgan fingerprint density at radius 2 is 0.979 bits per heavy atom. The Morgan fingerprint density at radius 3 is 1.70 bits per heavy atom. The molecule has 0 aliphatic heterocycles. The van der Waals surface area contributed by atoms with Crippen LogP contribution in [0.5, 0.6) is 0 Å². The second kappa shape index (κ2) is 9.75. The van der Waals surface area contributed by atoms with Crippen molar-refractivity contribution in [2.75, 3.05) is 4.90 Å². The van der Waals surface area contributed by atoms with Crippen LogP contribution in [0.2, 0.25) is 0 Å². The fraction of sp³-hybridized carbons (Fsp3) is 0.0222. The van der Waals surface area contributed by atoms with E-state index >= 15 is 4.39 Å². The lowest BCUT2D eigenvalue weighted by Crippen LogP contribution is -2.26. The molecule has 8 aromatic carbocycles. The van der Waals surface area contributed by atoms with Crippen molar-refractivity contribution in [2.45, 2.75) is 5.41 Å². The lowest BCUT2D eigenvalue weighted by atomic mass is 9.68. The number of benzene rings is 8. The van der Waals surface area contributed by atoms with E-state index in [0.717, 1.165) is 16.8 Å². The molecule has 0 fully saturated rings. The minimum absolute atomic E-state index is 0.258. The van der Waals surface area contributed by atoms with Gasteiger partial charge in [0.2, 0.25) is 0 Å². The monoisotopic (exact) mass is 601 g/mol. The number of hydrogen-bond donors (Lipinski definition) is 0. The van der Waals surface area contributed by atoms with E-state index in [9.17, 15) is 0 Å². The summed E-state index contributed by atoms with van der Waals surface area (Å²) in [5.41, 5.74) is 12.3. The molecule has 0 aromatic heterocycles. The largest absolute Gasteiger partial charge is 0.308 e. The van der Waals surface area contributed by atoms with Gasteiger partial charge in [0.15, 0.2) is 0 Å². The van der Waals surface area contributed by atoms with Gasteiger partial charge in [-0.25, -0.2) is 4.39 Å². The summed E-state index contributed by atoms with van der Waals surface area (Å²) < 4.78 is 15.4. The first kappa shape index (κ1) is 26.2. The van der Waals surface area contributed by atoms with E-state index in [1.165, 1.54) is 66.7 Å². The van der Waals surface area contributed by atoms with Crippen LogP contribution in [0.1, 0.15) is 22.3 Å². The minimum Gasteiger partial charge on any atom is -0.308 e. The lowest BCUT2D eigenvalue weighted by Gasteiger charge is -2.32. The van der Waals surface area contributed by atoms with Crippen molar-refractivity contribution in [3.63, 3.8) is 0 Å². The predicted octanol–water partition coefficient (Wildman–Crippen LogP) is 11.9. The Kier molecular flexibility index (Phi) is 5.45. The molecule has 1 nitrogen and oxygen atoms in total. The Hall–Kier alpha value is -5.99. The molecule has 1 spiro atoms. The average molecular weight is 602 g/mol. The van der Waals surface area contributed by atoms with Gasteiger partial charge < -0.3 is 4.90 Å². The zero-order valence-electron chi connectivity index (χ0n) is 25.5. The second-order valence-electron chi connectivity index (χ2n) is 12.6. The van der Waals surface area contributed by atoms with Crippen LogP contribution in [-0.2, 0) is 5.41 Å². The van der Waals surface area contributed by atoms with Gasteiger partial charge in [0.25, 0.3) is 0 Å². The topological polar surface area (TPSA) is 3.24 Å². The summed E-state index contributed by atoms with van der Waals surface area (Å²) >= 11 is 0. The molecule has 0 bridgehead atoms. The van der Waals surface area contributed by atoms with Crippen molar-refractivity contribution < 1.29 is 4.39 Å². The van der Waals surface area contributed by atoms with Crippen LogP contribution >= 0.6 is 0 Å². The molecule has 0 heterocycles. The van der Waals surface area contributed by atoms with Crippen LogP contribution in [0.15, 0.2) is 170 Å². The van der Waals surface area contributed by atoms with E-state index in [1.807, 2.05) is 47.4 Å². The van der Waals surface area contributed by atoms with Crippen molar-refractivity contribution in [3.8, 4) is 22.3 Å². The molecule has 10 rings (SSSR count). The molecule has 0 atom stereocenters. The van der Waals surface area contributed by atoms with Gasteiger partial charge in [-0.2, -0.15) is 0 Å². The number of nitrogens with zero attached hydrogens (tertiary/aromatic N) is 1. The number of rotatable bonds is 3. The van der Waals surface area contributed by atoms with Gasteiger partial charge in [0.1, 0.15) is 5.82 Å². The molecule has 8 aromatic rings. The molecule has 47 heavy (non-hydrogen) atoms. The summed E-state index contributed by atoms with van der Waals surface area (Å²) in [6.07, 6.45) is 0. The molecule has 0 amide bonds. The van der Waals surface area contributed by atoms with Crippen molar-refractivity contribution >= 4 is 38.6 Å². The highest BCUT2D eigenvalue weighted by atomic mass is 19.1. The molecular weight excluding hydrogens is 574 g/mol. The fourth-order valence-corrected chi connectivity index (χ4v) is 8.52. The van der Waals surface area contributed by atoms with E-state index in [2.05, 4.69) is 115 Å². The van der Waals surface area contributed by atoms with Crippen molar-refractivity contribution in [3.05, 3.63) is 198 Å². The summed E-state index contributed by atoms with van der Waals surface area (Å²) in [7, 11) is 0. The fourth-order valence-electron chi connectivity index (χ4n) is 8.52. The van der Waals surface area contributed by atoms with Gasteiger partial charge in [-0.1, -0.05) is 133 Å². The maximum atomic E-state index is 15.4. The molecular formula is C45H28FN. The quantitative estimate of drug-likeness (QED) is 0.195. The molecule has 0 saturated heterocycles. The van der Waals surface area contributed by atoms with Crippen LogP contribution < -0.4 is 4.90 Å². The molecule has 0 saturated carbocycles. The third-order valence-corrected chi connectivity index (χ3v) is 10.3. The summed E-state index contributed by atoms with van der Waals surface area (Å²) in [6.45, 7) is 0. The lowest BCUT2D eigenvalue weighted by molar-refractivity contribution is 0.629. The van der Waals surface area contributed by atoms with Gasteiger partial charge in [-0.3, -0.25) is 0 Å². The number of fused-ring (bicyclic) bond motifs is 14. The first-order chi connectivity index (χ1) is 23.2. The highest BCUT2D eigenvalue weighted by Crippen LogP contribution is 2.65.